The second-order valence-electron chi connectivity index (χ2n) is 4.53. The molecule has 0 fully saturated rings. The zero-order chi connectivity index (χ0) is 16.1. The van der Waals surface area contributed by atoms with E-state index in [0.29, 0.717) is 22.4 Å². The molecule has 1 heterocycles. The van der Waals surface area contributed by atoms with Crippen molar-refractivity contribution in [3.05, 3.63) is 46.8 Å². The van der Waals surface area contributed by atoms with Crippen molar-refractivity contribution in [2.24, 2.45) is 10.2 Å². The first-order chi connectivity index (χ1) is 10.5. The van der Waals surface area contributed by atoms with Gasteiger partial charge in [0.15, 0.2) is 11.5 Å². The van der Waals surface area contributed by atoms with Crippen LogP contribution >= 0.6 is 0 Å². The number of aryl methyl sites for hydroxylation is 1. The molecule has 4 N–H and O–H groups in total. The minimum absolute atomic E-state index is 0.0622. The second-order valence-corrected chi connectivity index (χ2v) is 4.53. The summed E-state index contributed by atoms with van der Waals surface area (Å²) in [6.45, 7) is 1.36. The van der Waals surface area contributed by atoms with Crippen LogP contribution in [-0.2, 0) is 6.61 Å². The Hall–Kier alpha value is -2.93. The molecule has 114 valence electrons. The molecular weight excluding hydrogens is 286 g/mol. The highest BCUT2D eigenvalue weighted by atomic mass is 16.3. The summed E-state index contributed by atoms with van der Waals surface area (Å²) in [5.74, 6) is -0.531. The number of benzene rings is 1. The van der Waals surface area contributed by atoms with Crippen LogP contribution in [0.3, 0.4) is 0 Å². The minimum Gasteiger partial charge on any atom is -0.505 e. The van der Waals surface area contributed by atoms with Crippen LogP contribution in [-0.4, -0.2) is 37.8 Å². The number of pyridine rings is 1. The number of aromatic nitrogens is 1. The summed E-state index contributed by atoms with van der Waals surface area (Å²) in [6, 6.07) is 4.23. The Morgan fingerprint density at radius 2 is 1.82 bits per heavy atom. The lowest BCUT2D eigenvalue weighted by Crippen LogP contribution is -1.97. The van der Waals surface area contributed by atoms with Gasteiger partial charge in [0.2, 0.25) is 0 Å². The van der Waals surface area contributed by atoms with Gasteiger partial charge in [0, 0.05) is 17.3 Å². The van der Waals surface area contributed by atoms with Gasteiger partial charge in [-0.3, -0.25) is 4.98 Å². The normalized spacial score (nSPS) is 11.5. The Morgan fingerprint density at radius 3 is 2.50 bits per heavy atom. The van der Waals surface area contributed by atoms with Gasteiger partial charge in [0.05, 0.1) is 24.7 Å². The number of aromatic hydroxyl groups is 3. The average Bonchev–Trinajstić information content (AvgIpc) is 2.51. The molecule has 0 aliphatic carbocycles. The van der Waals surface area contributed by atoms with Crippen LogP contribution in [0.4, 0.5) is 0 Å². The Bertz CT molecular complexity index is 742. The molecule has 0 saturated heterocycles. The van der Waals surface area contributed by atoms with Gasteiger partial charge in [-0.15, -0.1) is 0 Å². The first kappa shape index (κ1) is 15.5. The fraction of sp³-hybridized carbons (Fsp3) is 0.133. The summed E-state index contributed by atoms with van der Waals surface area (Å²) < 4.78 is 0. The van der Waals surface area contributed by atoms with Gasteiger partial charge in [-0.1, -0.05) is 0 Å². The van der Waals surface area contributed by atoms with E-state index < -0.39 is 0 Å². The van der Waals surface area contributed by atoms with E-state index in [4.69, 9.17) is 0 Å². The van der Waals surface area contributed by atoms with Crippen LogP contribution in [0.2, 0.25) is 0 Å². The molecule has 0 atom stereocenters. The molecule has 1 aromatic heterocycles. The molecule has 1 aromatic carbocycles. The third-order valence-corrected chi connectivity index (χ3v) is 2.99. The summed E-state index contributed by atoms with van der Waals surface area (Å²) in [4.78, 5) is 3.94. The molecular formula is C15H15N3O4. The molecule has 0 radical (unpaired) electrons. The molecule has 0 saturated carbocycles. The van der Waals surface area contributed by atoms with E-state index in [9.17, 15) is 20.4 Å². The molecule has 0 unspecified atom stereocenters. The highest BCUT2D eigenvalue weighted by Gasteiger charge is 2.08. The summed E-state index contributed by atoms with van der Waals surface area (Å²) in [5.41, 5.74) is 1.75. The first-order valence-corrected chi connectivity index (χ1v) is 6.39. The Morgan fingerprint density at radius 1 is 1.09 bits per heavy atom. The van der Waals surface area contributed by atoms with Crippen LogP contribution in [0, 0.1) is 6.92 Å². The number of nitrogens with zero attached hydrogens (tertiary/aromatic N) is 3. The van der Waals surface area contributed by atoms with Gasteiger partial charge in [0.25, 0.3) is 0 Å². The molecule has 7 nitrogen and oxygen atoms in total. The smallest absolute Gasteiger partial charge is 0.158 e. The number of aliphatic hydroxyl groups is 1. The molecule has 0 aliphatic rings. The largest absolute Gasteiger partial charge is 0.505 e. The van der Waals surface area contributed by atoms with Crippen molar-refractivity contribution < 1.29 is 20.4 Å². The van der Waals surface area contributed by atoms with Crippen LogP contribution < -0.4 is 0 Å². The fourth-order valence-electron chi connectivity index (χ4n) is 1.73. The molecule has 0 amide bonds. The molecule has 0 aliphatic heterocycles. The maximum absolute atomic E-state index is 9.92. The zero-order valence-electron chi connectivity index (χ0n) is 11.8. The number of rotatable bonds is 4. The van der Waals surface area contributed by atoms with E-state index in [-0.39, 0.29) is 23.9 Å². The summed E-state index contributed by atoms with van der Waals surface area (Å²) in [6.07, 6.45) is 4.14. The van der Waals surface area contributed by atoms with Crippen LogP contribution in [0.15, 0.2) is 34.6 Å². The fourth-order valence-corrected chi connectivity index (χ4v) is 1.73. The van der Waals surface area contributed by atoms with Crippen LogP contribution in [0.25, 0.3) is 0 Å². The number of phenolic OH excluding ortho intramolecular Hbond substituents is 2. The lowest BCUT2D eigenvalue weighted by Gasteiger charge is -2.06. The van der Waals surface area contributed by atoms with Crippen molar-refractivity contribution >= 4 is 12.4 Å². The standard InChI is InChI=1S/C15H15N3O4/c1-9-15(22)12(11(8-19)6-16-9)7-18-17-5-10-2-3-13(20)14(21)4-10/h2-7,19-22H,8H2,1H3/b17-5-,18-7-. The number of aliphatic hydroxyl groups excluding tert-OH is 1. The summed E-state index contributed by atoms with van der Waals surface area (Å²) >= 11 is 0. The molecule has 7 heteroatoms. The lowest BCUT2D eigenvalue weighted by molar-refractivity contribution is 0.280. The first-order valence-electron chi connectivity index (χ1n) is 6.39. The van der Waals surface area contributed by atoms with E-state index in [1.165, 1.54) is 30.8 Å². The van der Waals surface area contributed by atoms with Gasteiger partial charge in [-0.25, -0.2) is 0 Å². The predicted octanol–water partition coefficient (Wildman–Crippen LogP) is 1.45. The van der Waals surface area contributed by atoms with Gasteiger partial charge in [-0.05, 0) is 30.7 Å². The highest BCUT2D eigenvalue weighted by molar-refractivity contribution is 5.87. The van der Waals surface area contributed by atoms with Gasteiger partial charge < -0.3 is 20.4 Å². The molecule has 22 heavy (non-hydrogen) atoms. The Kier molecular flexibility index (Phi) is 4.70. The molecule has 0 spiro atoms. The number of phenols is 2. The highest BCUT2D eigenvalue weighted by Crippen LogP contribution is 2.24. The van der Waals surface area contributed by atoms with Crippen LogP contribution in [0.5, 0.6) is 17.2 Å². The van der Waals surface area contributed by atoms with Crippen molar-refractivity contribution in [2.75, 3.05) is 0 Å². The van der Waals surface area contributed by atoms with E-state index >= 15 is 0 Å². The van der Waals surface area contributed by atoms with Crippen molar-refractivity contribution in [3.8, 4) is 17.2 Å². The average molecular weight is 301 g/mol. The van der Waals surface area contributed by atoms with Gasteiger partial charge in [-0.2, -0.15) is 10.2 Å². The predicted molar refractivity (Wildman–Crippen MR) is 81.5 cm³/mol. The van der Waals surface area contributed by atoms with E-state index in [1.54, 1.807) is 13.0 Å². The van der Waals surface area contributed by atoms with Crippen molar-refractivity contribution in [3.63, 3.8) is 0 Å². The maximum atomic E-state index is 9.92. The summed E-state index contributed by atoms with van der Waals surface area (Å²) in [7, 11) is 0. The van der Waals surface area contributed by atoms with Gasteiger partial charge >= 0.3 is 0 Å². The molecule has 2 rings (SSSR count). The third kappa shape index (κ3) is 3.39. The number of hydrogen-bond acceptors (Lipinski definition) is 7. The Labute approximate surface area is 126 Å². The lowest BCUT2D eigenvalue weighted by atomic mass is 10.1. The number of hydrogen-bond donors (Lipinski definition) is 4. The zero-order valence-corrected chi connectivity index (χ0v) is 11.8. The minimum atomic E-state index is -0.280. The second kappa shape index (κ2) is 6.68. The quantitative estimate of drug-likeness (QED) is 0.387. The molecule has 0 bridgehead atoms. The summed E-state index contributed by atoms with van der Waals surface area (Å²) in [5, 5.41) is 45.3. The SMILES string of the molecule is Cc1ncc(CO)c(/C=N\N=C/c2ccc(O)c(O)c2)c1O. The van der Waals surface area contributed by atoms with Crippen molar-refractivity contribution in [1.82, 2.24) is 4.98 Å². The van der Waals surface area contributed by atoms with Crippen LogP contribution in [0.1, 0.15) is 22.4 Å². The maximum Gasteiger partial charge on any atom is 0.158 e. The van der Waals surface area contributed by atoms with Gasteiger partial charge in [0.1, 0.15) is 5.75 Å². The Balaban J connectivity index is 2.20. The van der Waals surface area contributed by atoms with E-state index in [0.717, 1.165) is 0 Å². The topological polar surface area (TPSA) is 119 Å². The molecule has 2 aromatic rings. The monoisotopic (exact) mass is 301 g/mol. The van der Waals surface area contributed by atoms with E-state index in [2.05, 4.69) is 15.2 Å². The van der Waals surface area contributed by atoms with E-state index in [1.807, 2.05) is 0 Å². The van der Waals surface area contributed by atoms with Crippen molar-refractivity contribution in [2.45, 2.75) is 13.5 Å². The van der Waals surface area contributed by atoms with Crippen molar-refractivity contribution in [1.29, 1.82) is 0 Å². The third-order valence-electron chi connectivity index (χ3n) is 2.99.